The Hall–Kier alpha value is -3.80. The summed E-state index contributed by atoms with van der Waals surface area (Å²) in [4.78, 5) is 30.5. The number of halogens is 1. The molecule has 1 N–H and O–H groups in total. The highest BCUT2D eigenvalue weighted by Gasteiger charge is 2.17. The zero-order valence-electron chi connectivity index (χ0n) is 16.6. The Balaban J connectivity index is 1.78. The van der Waals surface area contributed by atoms with Crippen LogP contribution in [0.5, 0.6) is 0 Å². The number of hydrogen-bond acceptors (Lipinski definition) is 3. The molecule has 4 rings (SSSR count). The van der Waals surface area contributed by atoms with E-state index in [-0.39, 0.29) is 17.9 Å². The first-order valence-electron chi connectivity index (χ1n) is 9.53. The number of aryl methyl sites for hydroxylation is 2. The van der Waals surface area contributed by atoms with Gasteiger partial charge in [-0.3, -0.25) is 14.2 Å². The van der Waals surface area contributed by atoms with Crippen LogP contribution in [0.15, 0.2) is 71.7 Å². The van der Waals surface area contributed by atoms with Crippen LogP contribution in [0.3, 0.4) is 0 Å². The zero-order valence-corrected chi connectivity index (χ0v) is 16.6. The van der Waals surface area contributed by atoms with Crippen LogP contribution in [-0.2, 0) is 6.54 Å². The summed E-state index contributed by atoms with van der Waals surface area (Å²) in [5.41, 5.74) is 3.44. The smallest absolute Gasteiger partial charge is 0.265 e. The van der Waals surface area contributed by atoms with Crippen molar-refractivity contribution in [1.29, 1.82) is 0 Å². The molecule has 0 bridgehead atoms. The molecule has 0 saturated heterocycles. The van der Waals surface area contributed by atoms with E-state index in [1.165, 1.54) is 16.7 Å². The van der Waals surface area contributed by atoms with Crippen molar-refractivity contribution >= 4 is 22.6 Å². The third kappa shape index (κ3) is 3.98. The monoisotopic (exact) mass is 401 g/mol. The van der Waals surface area contributed by atoms with Gasteiger partial charge in [-0.25, -0.2) is 9.37 Å². The van der Waals surface area contributed by atoms with E-state index in [0.29, 0.717) is 16.7 Å². The summed E-state index contributed by atoms with van der Waals surface area (Å²) < 4.78 is 14.7. The lowest BCUT2D eigenvalue weighted by atomic mass is 10.1. The van der Waals surface area contributed by atoms with Gasteiger partial charge >= 0.3 is 0 Å². The second-order valence-corrected chi connectivity index (χ2v) is 7.32. The van der Waals surface area contributed by atoms with E-state index in [9.17, 15) is 14.0 Å². The first kappa shape index (κ1) is 19.5. The van der Waals surface area contributed by atoms with Gasteiger partial charge in [-0.15, -0.1) is 0 Å². The molecule has 2 aromatic heterocycles. The number of nitrogens with zero attached hydrogens (tertiary/aromatic N) is 2. The summed E-state index contributed by atoms with van der Waals surface area (Å²) >= 11 is 0. The van der Waals surface area contributed by atoms with Gasteiger partial charge in [0.25, 0.3) is 11.5 Å². The van der Waals surface area contributed by atoms with Gasteiger partial charge in [0.05, 0.1) is 6.54 Å². The van der Waals surface area contributed by atoms with Crippen molar-refractivity contribution in [3.8, 4) is 0 Å². The maximum Gasteiger partial charge on any atom is 0.265 e. The molecule has 0 radical (unpaired) electrons. The molecule has 30 heavy (non-hydrogen) atoms. The lowest BCUT2D eigenvalue weighted by molar-refractivity contribution is 0.102. The first-order valence-corrected chi connectivity index (χ1v) is 9.53. The Morgan fingerprint density at radius 2 is 1.73 bits per heavy atom. The molecule has 2 aromatic carbocycles. The minimum absolute atomic E-state index is 0.0248. The minimum atomic E-state index is -0.483. The van der Waals surface area contributed by atoms with Gasteiger partial charge in [-0.1, -0.05) is 18.2 Å². The Labute approximate surface area is 172 Å². The van der Waals surface area contributed by atoms with Crippen molar-refractivity contribution in [2.75, 3.05) is 5.32 Å². The topological polar surface area (TPSA) is 64.0 Å². The fraction of sp³-hybridized carbons (Fsp3) is 0.125. The Kier molecular flexibility index (Phi) is 5.14. The fourth-order valence-electron chi connectivity index (χ4n) is 3.53. The second-order valence-electron chi connectivity index (χ2n) is 7.32. The average molecular weight is 401 g/mol. The van der Waals surface area contributed by atoms with E-state index in [1.54, 1.807) is 36.5 Å². The molecule has 0 aliphatic carbocycles. The van der Waals surface area contributed by atoms with Crippen molar-refractivity contribution in [2.24, 2.45) is 0 Å². The van der Waals surface area contributed by atoms with Crippen LogP contribution < -0.4 is 10.9 Å². The molecule has 0 fully saturated rings. The quantitative estimate of drug-likeness (QED) is 0.549. The van der Waals surface area contributed by atoms with Gasteiger partial charge in [0.2, 0.25) is 0 Å². The molecule has 0 saturated carbocycles. The van der Waals surface area contributed by atoms with Crippen LogP contribution in [0, 0.1) is 19.7 Å². The summed E-state index contributed by atoms with van der Waals surface area (Å²) in [7, 11) is 0. The molecule has 0 spiro atoms. The number of aromatic nitrogens is 2. The first-order chi connectivity index (χ1) is 14.4. The largest absolute Gasteiger partial charge is 0.322 e. The number of nitrogens with one attached hydrogen (secondary N) is 1. The lowest BCUT2D eigenvalue weighted by Crippen LogP contribution is -2.30. The van der Waals surface area contributed by atoms with Crippen LogP contribution in [0.4, 0.5) is 10.1 Å². The maximum absolute atomic E-state index is 13.3. The van der Waals surface area contributed by atoms with Gasteiger partial charge < -0.3 is 5.32 Å². The van der Waals surface area contributed by atoms with Gasteiger partial charge in [0, 0.05) is 17.3 Å². The van der Waals surface area contributed by atoms with E-state index < -0.39 is 11.5 Å². The number of fused-ring (bicyclic) bond motifs is 1. The molecule has 0 unspecified atom stereocenters. The predicted octanol–water partition coefficient (Wildman–Crippen LogP) is 4.45. The predicted molar refractivity (Wildman–Crippen MR) is 115 cm³/mol. The molecule has 150 valence electrons. The van der Waals surface area contributed by atoms with Crippen molar-refractivity contribution in [2.45, 2.75) is 20.4 Å². The van der Waals surface area contributed by atoms with Crippen molar-refractivity contribution in [1.82, 2.24) is 9.55 Å². The molecular weight excluding hydrogens is 381 g/mol. The summed E-state index contributed by atoms with van der Waals surface area (Å²) in [6, 6.07) is 16.7. The van der Waals surface area contributed by atoms with Crippen molar-refractivity contribution < 1.29 is 9.18 Å². The van der Waals surface area contributed by atoms with Crippen LogP contribution >= 0.6 is 0 Å². The summed E-state index contributed by atoms with van der Waals surface area (Å²) in [5.74, 6) is -0.834. The van der Waals surface area contributed by atoms with E-state index in [1.807, 2.05) is 32.0 Å². The van der Waals surface area contributed by atoms with Crippen LogP contribution in [0.2, 0.25) is 0 Å². The number of hydrogen-bond donors (Lipinski definition) is 1. The molecule has 0 atom stereocenters. The number of carbonyl (C=O) groups is 1. The van der Waals surface area contributed by atoms with Crippen molar-refractivity contribution in [3.63, 3.8) is 0 Å². The highest BCUT2D eigenvalue weighted by Crippen LogP contribution is 2.17. The number of benzene rings is 2. The summed E-state index contributed by atoms with van der Waals surface area (Å²) in [5, 5.41) is 3.49. The Bertz CT molecular complexity index is 1290. The standard InChI is InChI=1S/C24H20FN3O2/c1-15-10-16(2)12-20(11-15)27-23(29)21-13-18-4-3-9-26-22(18)28(24(21)30)14-17-5-7-19(25)8-6-17/h3-13H,14H2,1-2H3,(H,27,29). The summed E-state index contributed by atoms with van der Waals surface area (Å²) in [6.07, 6.45) is 1.60. The molecule has 1 amide bonds. The molecule has 0 aliphatic heterocycles. The van der Waals surface area contributed by atoms with Crippen LogP contribution in [0.25, 0.3) is 11.0 Å². The van der Waals surface area contributed by atoms with E-state index in [0.717, 1.165) is 16.7 Å². The van der Waals surface area contributed by atoms with E-state index in [2.05, 4.69) is 10.3 Å². The van der Waals surface area contributed by atoms with Gasteiger partial charge in [0.15, 0.2) is 0 Å². The van der Waals surface area contributed by atoms with E-state index >= 15 is 0 Å². The SMILES string of the molecule is Cc1cc(C)cc(NC(=O)c2cc3cccnc3n(Cc3ccc(F)cc3)c2=O)c1. The molecule has 6 heteroatoms. The van der Waals surface area contributed by atoms with E-state index in [4.69, 9.17) is 0 Å². The number of pyridine rings is 2. The lowest BCUT2D eigenvalue weighted by Gasteiger charge is -2.13. The minimum Gasteiger partial charge on any atom is -0.322 e. The Morgan fingerprint density at radius 1 is 1.03 bits per heavy atom. The molecule has 0 aliphatic rings. The maximum atomic E-state index is 13.3. The average Bonchev–Trinajstić information content (AvgIpc) is 2.70. The Morgan fingerprint density at radius 3 is 2.43 bits per heavy atom. The van der Waals surface area contributed by atoms with Gasteiger partial charge in [0.1, 0.15) is 17.0 Å². The highest BCUT2D eigenvalue weighted by atomic mass is 19.1. The normalized spacial score (nSPS) is 10.9. The molecule has 2 heterocycles. The molecule has 4 aromatic rings. The fourth-order valence-corrected chi connectivity index (χ4v) is 3.53. The molecule has 5 nitrogen and oxygen atoms in total. The highest BCUT2D eigenvalue weighted by molar-refractivity contribution is 6.05. The van der Waals surface area contributed by atoms with Crippen molar-refractivity contribution in [3.05, 3.63) is 105 Å². The molecular formula is C24H20FN3O2. The number of rotatable bonds is 4. The summed E-state index contributed by atoms with van der Waals surface area (Å²) in [6.45, 7) is 4.07. The number of carbonyl (C=O) groups excluding carboxylic acids is 1. The number of anilines is 1. The zero-order chi connectivity index (χ0) is 21.3. The van der Waals surface area contributed by atoms with Gasteiger partial charge in [-0.2, -0.15) is 0 Å². The third-order valence-corrected chi connectivity index (χ3v) is 4.83. The van der Waals surface area contributed by atoms with Gasteiger partial charge in [-0.05, 0) is 73.0 Å². The van der Waals surface area contributed by atoms with Crippen LogP contribution in [0.1, 0.15) is 27.0 Å². The third-order valence-electron chi connectivity index (χ3n) is 4.83. The second kappa shape index (κ2) is 7.91. The van der Waals surface area contributed by atoms with Crippen LogP contribution in [-0.4, -0.2) is 15.5 Å². The number of amides is 1.